The van der Waals surface area contributed by atoms with Gasteiger partial charge >= 0.3 is 0 Å². The first-order valence-corrected chi connectivity index (χ1v) is 8.16. The minimum Gasteiger partial charge on any atom is -0.496 e. The summed E-state index contributed by atoms with van der Waals surface area (Å²) in [6.07, 6.45) is 2.29. The molecule has 0 saturated heterocycles. The van der Waals surface area contributed by atoms with Crippen molar-refractivity contribution in [2.24, 2.45) is 5.16 Å². The maximum atomic E-state index is 6.16. The third kappa shape index (κ3) is 5.23. The van der Waals surface area contributed by atoms with Crippen LogP contribution < -0.4 is 4.74 Å². The molecule has 1 heterocycles. The zero-order chi connectivity index (χ0) is 18.2. The van der Waals surface area contributed by atoms with E-state index >= 15 is 0 Å². The summed E-state index contributed by atoms with van der Waals surface area (Å²) in [7, 11) is 3.03. The Morgan fingerprint density at radius 3 is 2.76 bits per heavy atom. The second kappa shape index (κ2) is 9.09. The Balaban J connectivity index is 2.08. The zero-order valence-corrected chi connectivity index (χ0v) is 15.5. The summed E-state index contributed by atoms with van der Waals surface area (Å²) in [5.41, 5.74) is 2.41. The fraction of sp³-hybridized carbons (Fsp3) is 0.389. The fourth-order valence-corrected chi connectivity index (χ4v) is 2.54. The average molecular weight is 362 g/mol. The third-order valence-corrected chi connectivity index (χ3v) is 3.64. The van der Waals surface area contributed by atoms with Gasteiger partial charge in [-0.1, -0.05) is 33.8 Å². The molecule has 0 unspecified atom stereocenters. The van der Waals surface area contributed by atoms with Gasteiger partial charge in [-0.25, -0.2) is 0 Å². The van der Waals surface area contributed by atoms with E-state index in [1.807, 2.05) is 19.1 Å². The number of unbranched alkanes of at least 4 members (excludes halogenated alkanes) is 1. The molecular formula is C18H20ClN3O3. The third-order valence-electron chi connectivity index (χ3n) is 3.37. The lowest BCUT2D eigenvalue weighted by atomic mass is 10.0. The molecule has 0 aliphatic carbocycles. The standard InChI is InChI=1S/C18H20ClN3O3/c1-12-10-14(11-15(17(12)23-3)18(19)22-24-4)8-6-5-7-9-16-20-13(2)21-25-16/h10-11H,5,7,9H2,1-4H3/b22-18-. The molecule has 2 rings (SSSR count). The van der Waals surface area contributed by atoms with Crippen LogP contribution in [0.4, 0.5) is 0 Å². The first-order valence-electron chi connectivity index (χ1n) is 7.79. The first kappa shape index (κ1) is 18.8. The molecule has 6 nitrogen and oxygen atoms in total. The van der Waals surface area contributed by atoms with Gasteiger partial charge in [-0.15, -0.1) is 0 Å². The van der Waals surface area contributed by atoms with Crippen LogP contribution in [0.2, 0.25) is 0 Å². The van der Waals surface area contributed by atoms with E-state index in [-0.39, 0.29) is 5.17 Å². The lowest BCUT2D eigenvalue weighted by Gasteiger charge is -2.10. The molecule has 0 amide bonds. The Bertz CT molecular complexity index is 819. The SMILES string of the molecule is CO/N=C(\Cl)c1cc(C#CCCCc2nc(C)no2)cc(C)c1OC. The highest BCUT2D eigenvalue weighted by molar-refractivity contribution is 6.69. The molecule has 0 saturated carbocycles. The fourth-order valence-electron chi connectivity index (χ4n) is 2.33. The van der Waals surface area contributed by atoms with Crippen molar-refractivity contribution in [2.75, 3.05) is 14.2 Å². The van der Waals surface area contributed by atoms with Crippen molar-refractivity contribution in [1.82, 2.24) is 10.1 Å². The average Bonchev–Trinajstić information content (AvgIpc) is 2.99. The molecule has 1 aromatic heterocycles. The number of hydrogen-bond acceptors (Lipinski definition) is 6. The van der Waals surface area contributed by atoms with Crippen molar-refractivity contribution in [3.63, 3.8) is 0 Å². The molecule has 132 valence electrons. The summed E-state index contributed by atoms with van der Waals surface area (Å²) in [5, 5.41) is 7.74. The monoisotopic (exact) mass is 361 g/mol. The van der Waals surface area contributed by atoms with Gasteiger partial charge in [-0.3, -0.25) is 0 Å². The van der Waals surface area contributed by atoms with Crippen LogP contribution >= 0.6 is 11.6 Å². The summed E-state index contributed by atoms with van der Waals surface area (Å²) >= 11 is 6.16. The zero-order valence-electron chi connectivity index (χ0n) is 14.7. The number of ether oxygens (including phenoxy) is 1. The van der Waals surface area contributed by atoms with Crippen LogP contribution in [0.5, 0.6) is 5.75 Å². The summed E-state index contributed by atoms with van der Waals surface area (Å²) < 4.78 is 10.5. The lowest BCUT2D eigenvalue weighted by molar-refractivity contribution is 0.214. The largest absolute Gasteiger partial charge is 0.496 e. The van der Waals surface area contributed by atoms with Gasteiger partial charge in [-0.05, 0) is 38.0 Å². The molecule has 0 aliphatic heterocycles. The number of nitrogens with zero attached hydrogens (tertiary/aromatic N) is 3. The molecule has 0 atom stereocenters. The highest BCUT2D eigenvalue weighted by Crippen LogP contribution is 2.27. The van der Waals surface area contributed by atoms with Crippen LogP contribution in [0.15, 0.2) is 21.8 Å². The number of aryl methyl sites for hydroxylation is 3. The molecule has 1 aromatic carbocycles. The molecular weight excluding hydrogens is 342 g/mol. The van der Waals surface area contributed by atoms with Crippen molar-refractivity contribution >= 4 is 16.8 Å². The van der Waals surface area contributed by atoms with E-state index in [1.165, 1.54) is 7.11 Å². The summed E-state index contributed by atoms with van der Waals surface area (Å²) in [6, 6.07) is 3.79. The van der Waals surface area contributed by atoms with Crippen LogP contribution in [0.1, 0.15) is 41.2 Å². The van der Waals surface area contributed by atoms with Crippen molar-refractivity contribution in [2.45, 2.75) is 33.1 Å². The molecule has 0 N–H and O–H groups in total. The quantitative estimate of drug-likeness (QED) is 0.340. The molecule has 0 radical (unpaired) electrons. The molecule has 0 aliphatic rings. The summed E-state index contributed by atoms with van der Waals surface area (Å²) in [5.74, 6) is 8.23. The van der Waals surface area contributed by atoms with E-state index in [2.05, 4.69) is 27.1 Å². The number of aromatic nitrogens is 2. The Labute approximate surface area is 152 Å². The highest BCUT2D eigenvalue weighted by Gasteiger charge is 2.13. The van der Waals surface area contributed by atoms with E-state index in [9.17, 15) is 0 Å². The van der Waals surface area contributed by atoms with E-state index in [4.69, 9.17) is 25.7 Å². The van der Waals surface area contributed by atoms with Crippen molar-refractivity contribution in [3.8, 4) is 17.6 Å². The maximum absolute atomic E-state index is 6.16. The van der Waals surface area contributed by atoms with E-state index < -0.39 is 0 Å². The Morgan fingerprint density at radius 1 is 1.32 bits per heavy atom. The summed E-state index contributed by atoms with van der Waals surface area (Å²) in [6.45, 7) is 3.73. The molecule has 7 heteroatoms. The van der Waals surface area contributed by atoms with Gasteiger partial charge in [-0.2, -0.15) is 4.98 Å². The number of methoxy groups -OCH3 is 1. The lowest BCUT2D eigenvalue weighted by Crippen LogP contribution is -2.00. The van der Waals surface area contributed by atoms with E-state index in [1.54, 1.807) is 14.0 Å². The van der Waals surface area contributed by atoms with Crippen molar-refractivity contribution in [3.05, 3.63) is 40.5 Å². The van der Waals surface area contributed by atoms with Gasteiger partial charge in [0.1, 0.15) is 12.9 Å². The van der Waals surface area contributed by atoms with Crippen molar-refractivity contribution in [1.29, 1.82) is 0 Å². The second-order valence-electron chi connectivity index (χ2n) is 5.33. The first-order chi connectivity index (χ1) is 12.0. The predicted octanol–water partition coefficient (Wildman–Crippen LogP) is 3.62. The molecule has 0 spiro atoms. The van der Waals surface area contributed by atoms with Gasteiger partial charge in [0, 0.05) is 18.4 Å². The Hall–Kier alpha value is -2.52. The topological polar surface area (TPSA) is 69.7 Å². The van der Waals surface area contributed by atoms with Crippen molar-refractivity contribution < 1.29 is 14.1 Å². The number of hydrogen-bond donors (Lipinski definition) is 0. The van der Waals surface area contributed by atoms with Gasteiger partial charge in [0.05, 0.1) is 12.7 Å². The number of oxime groups is 1. The second-order valence-corrected chi connectivity index (χ2v) is 5.69. The molecule has 0 fully saturated rings. The van der Waals surface area contributed by atoms with Gasteiger partial charge in [0.15, 0.2) is 11.0 Å². The van der Waals surface area contributed by atoms with Crippen LogP contribution in [0, 0.1) is 25.7 Å². The van der Waals surface area contributed by atoms with E-state index in [0.29, 0.717) is 29.4 Å². The summed E-state index contributed by atoms with van der Waals surface area (Å²) in [4.78, 5) is 8.90. The number of halogens is 1. The minimum atomic E-state index is 0.220. The Kier molecular flexibility index (Phi) is 6.84. The Morgan fingerprint density at radius 2 is 2.12 bits per heavy atom. The smallest absolute Gasteiger partial charge is 0.226 e. The van der Waals surface area contributed by atoms with Crippen LogP contribution in [-0.2, 0) is 11.3 Å². The van der Waals surface area contributed by atoms with Crippen LogP contribution in [0.25, 0.3) is 0 Å². The van der Waals surface area contributed by atoms with E-state index in [0.717, 1.165) is 24.0 Å². The predicted molar refractivity (Wildman–Crippen MR) is 96.0 cm³/mol. The minimum absolute atomic E-state index is 0.220. The highest BCUT2D eigenvalue weighted by atomic mass is 35.5. The van der Waals surface area contributed by atoms with Crippen LogP contribution in [0.3, 0.4) is 0 Å². The number of benzene rings is 1. The van der Waals surface area contributed by atoms with Gasteiger partial charge in [0.25, 0.3) is 0 Å². The van der Waals surface area contributed by atoms with Crippen LogP contribution in [-0.4, -0.2) is 29.5 Å². The number of rotatable bonds is 6. The van der Waals surface area contributed by atoms with Gasteiger partial charge < -0.3 is 14.1 Å². The molecule has 0 bridgehead atoms. The molecule has 25 heavy (non-hydrogen) atoms. The molecule has 2 aromatic rings. The van der Waals surface area contributed by atoms with Gasteiger partial charge in [0.2, 0.25) is 5.89 Å². The maximum Gasteiger partial charge on any atom is 0.226 e. The normalized spacial score (nSPS) is 11.0.